The third-order valence-electron chi connectivity index (χ3n) is 5.95. The Labute approximate surface area is 165 Å². The molecule has 0 spiro atoms. The highest BCUT2D eigenvalue weighted by atomic mass is 19.1. The molecule has 0 bridgehead atoms. The number of nitrogens with one attached hydrogen (secondary N) is 1. The van der Waals surface area contributed by atoms with Crippen LogP contribution in [0.25, 0.3) is 10.9 Å². The molecule has 1 aromatic carbocycles. The molecule has 9 heteroatoms. The molecule has 0 amide bonds. The van der Waals surface area contributed by atoms with E-state index in [9.17, 15) is 20.0 Å². The van der Waals surface area contributed by atoms with Crippen molar-refractivity contribution in [1.29, 1.82) is 5.26 Å². The molecule has 2 atom stereocenters. The summed E-state index contributed by atoms with van der Waals surface area (Å²) in [6, 6.07) is 3.22. The molecule has 2 aliphatic heterocycles. The van der Waals surface area contributed by atoms with Crippen LogP contribution in [0, 0.1) is 17.1 Å². The molecule has 150 valence electrons. The van der Waals surface area contributed by atoms with Gasteiger partial charge in [0.05, 0.1) is 35.3 Å². The molecule has 2 N–H and O–H groups in total. The minimum absolute atomic E-state index is 0.00719. The molecular weight excluding hydrogens is 379 g/mol. The van der Waals surface area contributed by atoms with Crippen molar-refractivity contribution in [2.24, 2.45) is 0 Å². The SMILES string of the molecule is N#Cc1c(N2C[C@@H]3OCCN[C@@H]3C2)c(F)cc2c(=O)c(C(=O)O)cn(C3CC3)c12. The first-order chi connectivity index (χ1) is 14.0. The van der Waals surface area contributed by atoms with Gasteiger partial charge in [-0.2, -0.15) is 5.26 Å². The number of pyridine rings is 1. The summed E-state index contributed by atoms with van der Waals surface area (Å²) in [5.41, 5.74) is -0.655. The maximum atomic E-state index is 15.2. The van der Waals surface area contributed by atoms with E-state index in [1.54, 1.807) is 9.47 Å². The summed E-state index contributed by atoms with van der Waals surface area (Å²) >= 11 is 0. The molecule has 3 heterocycles. The molecule has 3 fully saturated rings. The third kappa shape index (κ3) is 2.79. The average molecular weight is 398 g/mol. The third-order valence-corrected chi connectivity index (χ3v) is 5.95. The number of halogens is 1. The number of rotatable bonds is 3. The molecular formula is C20H19FN4O4. The zero-order chi connectivity index (χ0) is 20.3. The van der Waals surface area contributed by atoms with Gasteiger partial charge in [-0.25, -0.2) is 9.18 Å². The smallest absolute Gasteiger partial charge is 0.341 e. The molecule has 1 aromatic heterocycles. The lowest BCUT2D eigenvalue weighted by molar-refractivity contribution is 0.0212. The second-order valence-corrected chi connectivity index (χ2v) is 7.78. The lowest BCUT2D eigenvalue weighted by atomic mass is 10.0. The van der Waals surface area contributed by atoms with Gasteiger partial charge >= 0.3 is 5.97 Å². The lowest BCUT2D eigenvalue weighted by Gasteiger charge is -2.25. The van der Waals surface area contributed by atoms with Crippen LogP contribution in [0.3, 0.4) is 0 Å². The predicted molar refractivity (Wildman–Crippen MR) is 102 cm³/mol. The van der Waals surface area contributed by atoms with Crippen LogP contribution >= 0.6 is 0 Å². The summed E-state index contributed by atoms with van der Waals surface area (Å²) < 4.78 is 22.6. The molecule has 8 nitrogen and oxygen atoms in total. The minimum atomic E-state index is -1.36. The number of carboxylic acids is 1. The van der Waals surface area contributed by atoms with E-state index in [1.165, 1.54) is 6.20 Å². The van der Waals surface area contributed by atoms with E-state index in [0.29, 0.717) is 25.2 Å². The van der Waals surface area contributed by atoms with E-state index < -0.39 is 22.8 Å². The fraction of sp³-hybridized carbons (Fsp3) is 0.450. The Hall–Kier alpha value is -2.96. The van der Waals surface area contributed by atoms with Gasteiger partial charge in [-0.15, -0.1) is 0 Å². The van der Waals surface area contributed by atoms with Crippen molar-refractivity contribution >= 4 is 22.6 Å². The van der Waals surface area contributed by atoms with Gasteiger partial charge in [-0.3, -0.25) is 4.79 Å². The summed E-state index contributed by atoms with van der Waals surface area (Å²) in [6.45, 7) is 2.23. The number of aromatic nitrogens is 1. The Morgan fingerprint density at radius 2 is 2.17 bits per heavy atom. The number of hydrogen-bond donors (Lipinski definition) is 2. The quantitative estimate of drug-likeness (QED) is 0.800. The molecule has 1 aliphatic carbocycles. The molecule has 5 rings (SSSR count). The fourth-order valence-electron chi connectivity index (χ4n) is 4.46. The van der Waals surface area contributed by atoms with Crippen molar-refractivity contribution in [3.05, 3.63) is 39.4 Å². The average Bonchev–Trinajstić information content (AvgIpc) is 3.45. The molecule has 2 aromatic rings. The number of hydrogen-bond acceptors (Lipinski definition) is 6. The highest BCUT2D eigenvalue weighted by Crippen LogP contribution is 2.40. The number of aromatic carboxylic acids is 1. The second kappa shape index (κ2) is 6.54. The highest BCUT2D eigenvalue weighted by molar-refractivity contribution is 5.96. The first-order valence-electron chi connectivity index (χ1n) is 9.64. The highest BCUT2D eigenvalue weighted by Gasteiger charge is 2.38. The summed E-state index contributed by atoms with van der Waals surface area (Å²) in [4.78, 5) is 26.0. The van der Waals surface area contributed by atoms with Crippen LogP contribution in [0.4, 0.5) is 10.1 Å². The standard InChI is InChI=1S/C20H19FN4O4/c21-14-5-11-17(25(10-1-2-10)7-13(19(11)26)20(27)28)12(6-22)18(14)24-8-15-16(9-24)29-4-3-23-15/h5,7,10,15-16,23H,1-4,8-9H2,(H,27,28)/t15-,16+/m1/s1. The van der Waals surface area contributed by atoms with Crippen molar-refractivity contribution in [3.63, 3.8) is 0 Å². The van der Waals surface area contributed by atoms with Crippen LogP contribution in [0.15, 0.2) is 17.1 Å². The monoisotopic (exact) mass is 398 g/mol. The molecule has 1 saturated carbocycles. The van der Waals surface area contributed by atoms with Crippen molar-refractivity contribution < 1.29 is 19.0 Å². The van der Waals surface area contributed by atoms with Gasteiger partial charge in [-0.05, 0) is 18.9 Å². The zero-order valence-electron chi connectivity index (χ0n) is 15.5. The normalized spacial score (nSPS) is 23.8. The summed E-state index contributed by atoms with van der Waals surface area (Å²) in [6.07, 6.45) is 2.84. The van der Waals surface area contributed by atoms with E-state index in [0.717, 1.165) is 25.5 Å². The van der Waals surface area contributed by atoms with E-state index >= 15 is 4.39 Å². The van der Waals surface area contributed by atoms with Crippen molar-refractivity contribution in [3.8, 4) is 6.07 Å². The van der Waals surface area contributed by atoms with Crippen molar-refractivity contribution in [2.45, 2.75) is 31.0 Å². The first-order valence-corrected chi connectivity index (χ1v) is 9.64. The molecule has 2 saturated heterocycles. The number of nitriles is 1. The molecule has 0 unspecified atom stereocenters. The Kier molecular flexibility index (Phi) is 4.08. The van der Waals surface area contributed by atoms with Crippen LogP contribution < -0.4 is 15.6 Å². The number of ether oxygens (including phenoxy) is 1. The van der Waals surface area contributed by atoms with Crippen LogP contribution in [0.5, 0.6) is 0 Å². The van der Waals surface area contributed by atoms with Crippen molar-refractivity contribution in [2.75, 3.05) is 31.1 Å². The summed E-state index contributed by atoms with van der Waals surface area (Å²) in [7, 11) is 0. The van der Waals surface area contributed by atoms with Crippen LogP contribution in [0.1, 0.15) is 34.8 Å². The van der Waals surface area contributed by atoms with Crippen molar-refractivity contribution in [1.82, 2.24) is 9.88 Å². The molecule has 29 heavy (non-hydrogen) atoms. The van der Waals surface area contributed by atoms with E-state index in [2.05, 4.69) is 11.4 Å². The van der Waals surface area contributed by atoms with Gasteiger partial charge in [0.25, 0.3) is 0 Å². The number of carboxylic acid groups (broad SMARTS) is 1. The van der Waals surface area contributed by atoms with Gasteiger partial charge < -0.3 is 24.6 Å². The Morgan fingerprint density at radius 3 is 2.83 bits per heavy atom. The second-order valence-electron chi connectivity index (χ2n) is 7.78. The van der Waals surface area contributed by atoms with E-state index in [-0.39, 0.29) is 34.8 Å². The summed E-state index contributed by atoms with van der Waals surface area (Å²) in [5, 5.41) is 22.6. The van der Waals surface area contributed by atoms with Crippen LogP contribution in [-0.2, 0) is 4.74 Å². The number of benzene rings is 1. The number of nitrogens with zero attached hydrogens (tertiary/aromatic N) is 3. The largest absolute Gasteiger partial charge is 0.477 e. The maximum absolute atomic E-state index is 15.2. The number of carbonyl (C=O) groups is 1. The Balaban J connectivity index is 1.74. The molecule has 0 radical (unpaired) electrons. The van der Waals surface area contributed by atoms with Gasteiger partial charge in [0.2, 0.25) is 5.43 Å². The Bertz CT molecular complexity index is 1120. The van der Waals surface area contributed by atoms with E-state index in [4.69, 9.17) is 4.74 Å². The summed E-state index contributed by atoms with van der Waals surface area (Å²) in [5.74, 6) is -2.06. The first kappa shape index (κ1) is 18.1. The minimum Gasteiger partial charge on any atom is -0.477 e. The zero-order valence-corrected chi connectivity index (χ0v) is 15.5. The number of morpholine rings is 1. The number of anilines is 1. The predicted octanol–water partition coefficient (Wildman–Crippen LogP) is 1.22. The van der Waals surface area contributed by atoms with Gasteiger partial charge in [-0.1, -0.05) is 0 Å². The van der Waals surface area contributed by atoms with E-state index in [1.807, 2.05) is 0 Å². The lowest BCUT2D eigenvalue weighted by Crippen LogP contribution is -2.47. The Morgan fingerprint density at radius 1 is 1.38 bits per heavy atom. The topological polar surface area (TPSA) is 108 Å². The van der Waals surface area contributed by atoms with Gasteiger partial charge in [0.15, 0.2) is 0 Å². The van der Waals surface area contributed by atoms with Crippen LogP contribution in [0.2, 0.25) is 0 Å². The van der Waals surface area contributed by atoms with Gasteiger partial charge in [0.1, 0.15) is 23.0 Å². The maximum Gasteiger partial charge on any atom is 0.341 e. The van der Waals surface area contributed by atoms with Crippen LogP contribution in [-0.4, -0.2) is 54.0 Å². The molecule has 3 aliphatic rings. The van der Waals surface area contributed by atoms with Gasteiger partial charge in [0, 0.05) is 31.9 Å². The number of fused-ring (bicyclic) bond motifs is 2. The fourth-order valence-corrected chi connectivity index (χ4v) is 4.46.